The van der Waals surface area contributed by atoms with Crippen LogP contribution in [-0.4, -0.2) is 51.8 Å². The summed E-state index contributed by atoms with van der Waals surface area (Å²) < 4.78 is 0. The van der Waals surface area contributed by atoms with Crippen LogP contribution in [0.25, 0.3) is 0 Å². The number of fused-ring (bicyclic) bond motifs is 1. The van der Waals surface area contributed by atoms with E-state index in [1.165, 1.54) is 0 Å². The Kier molecular flexibility index (Phi) is 8.01. The molecular weight excluding hydrogens is 346 g/mol. The summed E-state index contributed by atoms with van der Waals surface area (Å²) in [4.78, 5) is 50.3. The van der Waals surface area contributed by atoms with E-state index < -0.39 is 35.5 Å². The van der Waals surface area contributed by atoms with Crippen LogP contribution in [0.5, 0.6) is 0 Å². The normalized spacial score (nSPS) is 30.3. The monoisotopic (exact) mass is 365 g/mol. The Morgan fingerprint density at radius 2 is 1.88 bits per heavy atom. The van der Waals surface area contributed by atoms with Gasteiger partial charge in [0, 0.05) is 12.8 Å². The lowest BCUT2D eigenvalue weighted by Gasteiger charge is -2.29. The smallest absolute Gasteiger partial charge is 0.373 e. The highest BCUT2D eigenvalue weighted by atomic mass is 35.5. The van der Waals surface area contributed by atoms with E-state index in [0.29, 0.717) is 6.42 Å². The Balaban J connectivity index is 0.00000123. The van der Waals surface area contributed by atoms with Gasteiger partial charge < -0.3 is 27.0 Å². The largest absolute Gasteiger partial charge is 0.479 e. The third-order valence-corrected chi connectivity index (χ3v) is 4.26. The van der Waals surface area contributed by atoms with Gasteiger partial charge in [-0.25, -0.2) is 4.79 Å². The zero-order chi connectivity index (χ0) is 17.8. The summed E-state index contributed by atoms with van der Waals surface area (Å²) in [7, 11) is 0. The third kappa shape index (κ3) is 4.75. The van der Waals surface area contributed by atoms with E-state index in [-0.39, 0.29) is 49.7 Å². The topological polar surface area (TPSA) is 190 Å². The van der Waals surface area contributed by atoms with Gasteiger partial charge in [0.25, 0.3) is 0 Å². The van der Waals surface area contributed by atoms with Crippen molar-refractivity contribution in [3.05, 3.63) is 0 Å². The molecule has 0 aromatic rings. The summed E-state index contributed by atoms with van der Waals surface area (Å²) in [6, 6.07) is -0.992. The minimum Gasteiger partial charge on any atom is -0.479 e. The van der Waals surface area contributed by atoms with Crippen LogP contribution in [0, 0.1) is 11.8 Å². The van der Waals surface area contributed by atoms with Crippen molar-refractivity contribution in [3.63, 3.8) is 0 Å². The molecule has 2 fully saturated rings. The second kappa shape index (κ2) is 8.74. The van der Waals surface area contributed by atoms with Crippen LogP contribution in [0.4, 0.5) is 0 Å². The predicted octanol–water partition coefficient (Wildman–Crippen LogP) is -2.24. The molecule has 0 aromatic carbocycles. The first-order valence-corrected chi connectivity index (χ1v) is 6.96. The van der Waals surface area contributed by atoms with Crippen molar-refractivity contribution in [2.24, 2.45) is 23.3 Å². The van der Waals surface area contributed by atoms with Gasteiger partial charge in [0.15, 0.2) is 0 Å². The van der Waals surface area contributed by atoms with Crippen molar-refractivity contribution in [3.8, 4) is 0 Å². The second-order valence-electron chi connectivity index (χ2n) is 5.74. The zero-order valence-electron chi connectivity index (χ0n) is 12.6. The van der Waals surface area contributed by atoms with Crippen LogP contribution < -0.4 is 16.8 Å². The molecule has 0 heterocycles. The Morgan fingerprint density at radius 1 is 1.33 bits per heavy atom. The first kappa shape index (κ1) is 22.0. The summed E-state index contributed by atoms with van der Waals surface area (Å²) >= 11 is 0. The molecule has 136 valence electrons. The lowest BCUT2D eigenvalue weighted by Crippen LogP contribution is -2.59. The molecule has 24 heavy (non-hydrogen) atoms. The molecule has 11 heteroatoms. The molecule has 2 saturated carbocycles. The minimum absolute atomic E-state index is 0. The molecule has 2 aliphatic rings. The fourth-order valence-electron chi connectivity index (χ4n) is 3.02. The van der Waals surface area contributed by atoms with Gasteiger partial charge in [0.1, 0.15) is 5.54 Å². The number of carbonyl (C=O) groups is 3. The van der Waals surface area contributed by atoms with E-state index >= 15 is 0 Å². The van der Waals surface area contributed by atoms with Crippen molar-refractivity contribution in [2.45, 2.75) is 43.4 Å². The fraction of sp³-hybridized carbons (Fsp3) is 0.692. The molecule has 5 atom stereocenters. The lowest BCUT2D eigenvalue weighted by atomic mass is 9.91. The summed E-state index contributed by atoms with van der Waals surface area (Å²) in [6.45, 7) is 0. The minimum atomic E-state index is -1.44. The average Bonchev–Trinajstić information content (AvgIpc) is 3.20. The molecule has 0 saturated heterocycles. The summed E-state index contributed by atoms with van der Waals surface area (Å²) in [5.74, 6) is -2.67. The maximum Gasteiger partial charge on any atom is 0.373 e. The number of aliphatic hydroxyl groups excluding tert-OH is 1. The Bertz CT molecular complexity index is 538. The van der Waals surface area contributed by atoms with E-state index in [1.54, 1.807) is 0 Å². The van der Waals surface area contributed by atoms with Crippen molar-refractivity contribution in [1.82, 2.24) is 5.32 Å². The molecule has 0 radical (unpaired) electrons. The molecule has 0 bridgehead atoms. The van der Waals surface area contributed by atoms with Crippen LogP contribution in [0.2, 0.25) is 0 Å². The van der Waals surface area contributed by atoms with Crippen LogP contribution in [0.15, 0.2) is 0 Å². The molecule has 0 aliphatic heterocycles. The highest BCUT2D eigenvalue weighted by molar-refractivity contribution is 5.91. The van der Waals surface area contributed by atoms with Crippen molar-refractivity contribution in [1.29, 1.82) is 0 Å². The highest BCUT2D eigenvalue weighted by Gasteiger charge is 2.67. The number of halogens is 1. The predicted molar refractivity (Wildman–Crippen MR) is 79.4 cm³/mol. The molecule has 0 aromatic heterocycles. The van der Waals surface area contributed by atoms with E-state index in [2.05, 4.69) is 5.32 Å². The van der Waals surface area contributed by atoms with Gasteiger partial charge in [-0.05, 0) is 24.7 Å². The quantitative estimate of drug-likeness (QED) is 0.349. The van der Waals surface area contributed by atoms with E-state index in [9.17, 15) is 24.6 Å². The first-order valence-electron chi connectivity index (χ1n) is 6.96. The maximum absolute atomic E-state index is 12.0. The highest BCUT2D eigenvalue weighted by Crippen LogP contribution is 2.57. The average molecular weight is 366 g/mol. The number of carboxylic acid groups (broad SMARTS) is 1. The van der Waals surface area contributed by atoms with E-state index in [0.717, 1.165) is 0 Å². The maximum atomic E-state index is 12.0. The summed E-state index contributed by atoms with van der Waals surface area (Å²) in [5, 5.41) is 21.6. The molecular formula is C13H20ClN3O7. The molecule has 0 unspecified atom stereocenters. The van der Waals surface area contributed by atoms with Gasteiger partial charge in [0.05, 0.1) is 12.1 Å². The van der Waals surface area contributed by atoms with E-state index in [1.807, 2.05) is 0 Å². The number of aliphatic carboxylic acids is 1. The number of hydrogen-bond donors (Lipinski definition) is 5. The number of amides is 2. The first-order chi connectivity index (χ1) is 10.7. The summed E-state index contributed by atoms with van der Waals surface area (Å²) in [6.07, 6.45) is 0.144. The van der Waals surface area contributed by atoms with Gasteiger partial charge >= 0.3 is 12.1 Å². The number of primary amides is 1. The number of nitrogens with two attached hydrogens (primary N) is 2. The van der Waals surface area contributed by atoms with Gasteiger partial charge in [-0.1, -0.05) is 0 Å². The van der Waals surface area contributed by atoms with E-state index in [4.69, 9.17) is 21.1 Å². The Labute approximate surface area is 143 Å². The molecule has 10 nitrogen and oxygen atoms in total. The lowest BCUT2D eigenvalue weighted by molar-refractivity contribution is -0.191. The van der Waals surface area contributed by atoms with Gasteiger partial charge in [-0.3, -0.25) is 9.59 Å². The number of nitrogens with one attached hydrogen (secondary N) is 1. The van der Waals surface area contributed by atoms with Crippen LogP contribution >= 0.6 is 12.4 Å². The number of carbonyl (C=O) groups excluding carboxylic acids is 4. The summed E-state index contributed by atoms with van der Waals surface area (Å²) in [5.41, 5.74) is 9.15. The molecule has 0 spiro atoms. The van der Waals surface area contributed by atoms with Crippen molar-refractivity contribution >= 4 is 36.3 Å². The SMILES string of the molecule is Cl.NC(=O)CC[C@H](N)C(=O)N[C@@]1(C(=O)O)C[C@H](O)[C@H]2C[C@H]21.O=C=O. The third-order valence-electron chi connectivity index (χ3n) is 4.26. The van der Waals surface area contributed by atoms with Crippen LogP contribution in [0.3, 0.4) is 0 Å². The second-order valence-corrected chi connectivity index (χ2v) is 5.74. The van der Waals surface area contributed by atoms with Gasteiger partial charge in [-0.15, -0.1) is 12.4 Å². The van der Waals surface area contributed by atoms with Crippen molar-refractivity contribution < 1.29 is 34.2 Å². The number of aliphatic hydroxyl groups is 1. The molecule has 2 rings (SSSR count). The number of hydrogen-bond acceptors (Lipinski definition) is 7. The fourth-order valence-corrected chi connectivity index (χ4v) is 3.02. The zero-order valence-corrected chi connectivity index (χ0v) is 13.5. The number of rotatable bonds is 6. The molecule has 7 N–H and O–H groups in total. The van der Waals surface area contributed by atoms with Crippen molar-refractivity contribution in [2.75, 3.05) is 0 Å². The van der Waals surface area contributed by atoms with Crippen LogP contribution in [-0.2, 0) is 24.0 Å². The molecule has 2 amide bonds. The Hall–Kier alpha value is -2.00. The van der Waals surface area contributed by atoms with Gasteiger partial charge in [0.2, 0.25) is 11.8 Å². The Morgan fingerprint density at radius 3 is 2.21 bits per heavy atom. The van der Waals surface area contributed by atoms with Crippen LogP contribution in [0.1, 0.15) is 25.7 Å². The van der Waals surface area contributed by atoms with Gasteiger partial charge in [-0.2, -0.15) is 9.59 Å². The number of carboxylic acids is 1. The molecule has 2 aliphatic carbocycles. The standard InChI is InChI=1S/C12H19N3O5.CO2.ClH/c13-7(1-2-9(14)17)10(18)15-12(11(19)20)4-8(16)5-3-6(5)12;2-1-3;/h5-8,16H,1-4,13H2,(H2,14,17)(H,15,18)(H,19,20);;1H/t5-,6+,7-,8-,12-;;/m0../s1.